The standard InChI is InChI=1S/C28H37N3O5Si/c1-18-25(37(2,3)35)24(13-15-32)36-28(18)21-10-4-5-12-23(21)31(27(28)34)17-19-8-6-9-20(16-19)30-26(33)22-11-7-14-29-22/h4-6,8-10,12,16,18,22,24-25,29,32,35H,7,11,13-15,17H2,1-3H3,(H,30,33)/t18-,22-,24+,25-,28+/m1/s1. The van der Waals surface area contributed by atoms with Crippen LogP contribution in [0.3, 0.4) is 0 Å². The number of fused-ring (bicyclic) bond motifs is 2. The smallest absolute Gasteiger partial charge is 0.264 e. The highest BCUT2D eigenvalue weighted by atomic mass is 28.4. The van der Waals surface area contributed by atoms with Crippen LogP contribution in [-0.4, -0.2) is 55.3 Å². The van der Waals surface area contributed by atoms with Crippen molar-refractivity contribution in [2.75, 3.05) is 23.4 Å². The molecule has 198 valence electrons. The topological polar surface area (TPSA) is 111 Å². The van der Waals surface area contributed by atoms with E-state index in [4.69, 9.17) is 4.74 Å². The molecular formula is C28H37N3O5Si. The summed E-state index contributed by atoms with van der Waals surface area (Å²) in [5.41, 5.74) is 1.81. The monoisotopic (exact) mass is 523 g/mol. The number of ether oxygens (including phenoxy) is 1. The summed E-state index contributed by atoms with van der Waals surface area (Å²) in [6.45, 7) is 6.87. The zero-order valence-corrected chi connectivity index (χ0v) is 22.7. The van der Waals surface area contributed by atoms with Gasteiger partial charge < -0.3 is 30.2 Å². The molecule has 2 saturated heterocycles. The molecule has 5 atom stereocenters. The van der Waals surface area contributed by atoms with Crippen LogP contribution in [0.25, 0.3) is 0 Å². The van der Waals surface area contributed by atoms with Crippen LogP contribution in [0.4, 0.5) is 11.4 Å². The summed E-state index contributed by atoms with van der Waals surface area (Å²) >= 11 is 0. The molecule has 3 heterocycles. The molecule has 0 radical (unpaired) electrons. The van der Waals surface area contributed by atoms with Crippen LogP contribution in [0.5, 0.6) is 0 Å². The molecule has 8 nitrogen and oxygen atoms in total. The molecule has 2 amide bonds. The van der Waals surface area contributed by atoms with E-state index >= 15 is 0 Å². The lowest BCUT2D eigenvalue weighted by atomic mass is 9.82. The van der Waals surface area contributed by atoms with E-state index in [1.165, 1.54) is 0 Å². The van der Waals surface area contributed by atoms with E-state index in [0.717, 1.165) is 36.2 Å². The number of rotatable bonds is 7. The minimum Gasteiger partial charge on any atom is -0.432 e. The Hall–Kier alpha value is -2.56. The highest BCUT2D eigenvalue weighted by molar-refractivity contribution is 6.71. The van der Waals surface area contributed by atoms with E-state index in [2.05, 4.69) is 10.6 Å². The molecular weight excluding hydrogens is 486 g/mol. The Labute approximate surface area is 219 Å². The average molecular weight is 524 g/mol. The third kappa shape index (κ3) is 4.53. The van der Waals surface area contributed by atoms with Crippen molar-refractivity contribution in [3.8, 4) is 0 Å². The maximum Gasteiger partial charge on any atom is 0.264 e. The van der Waals surface area contributed by atoms with E-state index in [-0.39, 0.29) is 35.9 Å². The maximum atomic E-state index is 14.3. The first-order valence-corrected chi connectivity index (χ1v) is 16.2. The van der Waals surface area contributed by atoms with Crippen molar-refractivity contribution in [3.05, 3.63) is 59.7 Å². The molecule has 37 heavy (non-hydrogen) atoms. The zero-order valence-electron chi connectivity index (χ0n) is 21.7. The van der Waals surface area contributed by atoms with Gasteiger partial charge in [0.1, 0.15) is 0 Å². The highest BCUT2D eigenvalue weighted by Gasteiger charge is 2.65. The molecule has 3 aliphatic heterocycles. The SMILES string of the molecule is C[C@@H]1[C@@H]([Si](C)(C)O)[C@H](CCO)O[C@@]12C(=O)N(Cc1cccc(NC(=O)[C@H]3CCCN3)c1)c1ccccc12. The summed E-state index contributed by atoms with van der Waals surface area (Å²) in [7, 11) is -2.71. The average Bonchev–Trinajstić information content (AvgIpc) is 3.54. The van der Waals surface area contributed by atoms with Crippen LogP contribution in [0.2, 0.25) is 18.6 Å². The Bertz CT molecular complexity index is 1180. The van der Waals surface area contributed by atoms with Gasteiger partial charge >= 0.3 is 0 Å². The van der Waals surface area contributed by atoms with Crippen LogP contribution in [0, 0.1) is 5.92 Å². The van der Waals surface area contributed by atoms with Gasteiger partial charge in [-0.15, -0.1) is 0 Å². The molecule has 2 aromatic rings. The van der Waals surface area contributed by atoms with Gasteiger partial charge in [0.2, 0.25) is 5.91 Å². The summed E-state index contributed by atoms with van der Waals surface area (Å²) in [4.78, 5) is 39.8. The van der Waals surface area contributed by atoms with E-state index in [1.807, 2.05) is 68.5 Å². The number of para-hydroxylation sites is 1. The number of carbonyl (C=O) groups is 2. The fourth-order valence-corrected chi connectivity index (χ4v) is 9.26. The number of hydrogen-bond donors (Lipinski definition) is 4. The summed E-state index contributed by atoms with van der Waals surface area (Å²) in [5.74, 6) is -0.436. The van der Waals surface area contributed by atoms with Crippen molar-refractivity contribution < 1.29 is 24.2 Å². The lowest BCUT2D eigenvalue weighted by molar-refractivity contribution is -0.146. The quantitative estimate of drug-likeness (QED) is 0.415. The number of benzene rings is 2. The van der Waals surface area contributed by atoms with Crippen LogP contribution in [0.15, 0.2) is 48.5 Å². The molecule has 2 fully saturated rings. The Kier molecular flexibility index (Phi) is 7.01. The van der Waals surface area contributed by atoms with Crippen LogP contribution in [-0.2, 0) is 26.5 Å². The summed E-state index contributed by atoms with van der Waals surface area (Å²) in [5, 5.41) is 15.9. The second kappa shape index (κ2) is 9.96. The van der Waals surface area contributed by atoms with Gasteiger partial charge in [-0.3, -0.25) is 9.59 Å². The van der Waals surface area contributed by atoms with Crippen molar-refractivity contribution in [2.45, 2.75) is 69.1 Å². The number of carbonyl (C=O) groups excluding carboxylic acids is 2. The number of nitrogens with zero attached hydrogens (tertiary/aromatic N) is 1. The minimum absolute atomic E-state index is 0.0406. The molecule has 2 aromatic carbocycles. The third-order valence-electron chi connectivity index (χ3n) is 8.22. The van der Waals surface area contributed by atoms with Crippen LogP contribution >= 0.6 is 0 Å². The van der Waals surface area contributed by atoms with Crippen molar-refractivity contribution >= 4 is 31.5 Å². The fourth-order valence-electron chi connectivity index (χ4n) is 6.65. The first-order valence-electron chi connectivity index (χ1n) is 13.2. The van der Waals surface area contributed by atoms with Crippen molar-refractivity contribution in [2.24, 2.45) is 5.92 Å². The lowest BCUT2D eigenvalue weighted by Crippen LogP contribution is -2.46. The van der Waals surface area contributed by atoms with Crippen LogP contribution in [0.1, 0.15) is 37.3 Å². The Morgan fingerprint density at radius 1 is 1.24 bits per heavy atom. The lowest BCUT2D eigenvalue weighted by Gasteiger charge is -2.32. The fraction of sp³-hybridized carbons (Fsp3) is 0.500. The molecule has 0 saturated carbocycles. The maximum absolute atomic E-state index is 14.3. The predicted molar refractivity (Wildman–Crippen MR) is 145 cm³/mol. The molecule has 5 rings (SSSR count). The molecule has 4 N–H and O–H groups in total. The second-order valence-electron chi connectivity index (χ2n) is 11.1. The van der Waals surface area contributed by atoms with Gasteiger partial charge in [0.05, 0.1) is 24.4 Å². The molecule has 0 bridgehead atoms. The molecule has 3 aliphatic rings. The molecule has 0 unspecified atom stereocenters. The van der Waals surface area contributed by atoms with E-state index in [9.17, 15) is 19.5 Å². The Morgan fingerprint density at radius 3 is 2.73 bits per heavy atom. The van der Waals surface area contributed by atoms with Gasteiger partial charge in [-0.05, 0) is 62.7 Å². The third-order valence-corrected chi connectivity index (χ3v) is 10.7. The Balaban J connectivity index is 1.45. The number of hydrogen-bond acceptors (Lipinski definition) is 6. The molecule has 1 spiro atoms. The number of aliphatic hydroxyl groups excluding tert-OH is 1. The number of anilines is 2. The molecule has 9 heteroatoms. The first-order chi connectivity index (χ1) is 17.7. The van der Waals surface area contributed by atoms with Gasteiger partial charge in [0.25, 0.3) is 5.91 Å². The zero-order chi connectivity index (χ0) is 26.4. The van der Waals surface area contributed by atoms with E-state index in [0.29, 0.717) is 18.7 Å². The van der Waals surface area contributed by atoms with Gasteiger partial charge in [-0.1, -0.05) is 37.3 Å². The van der Waals surface area contributed by atoms with Gasteiger partial charge in [-0.25, -0.2) is 0 Å². The molecule has 0 aliphatic carbocycles. The van der Waals surface area contributed by atoms with E-state index in [1.54, 1.807) is 4.90 Å². The summed E-state index contributed by atoms with van der Waals surface area (Å²) < 4.78 is 6.60. The normalized spacial score (nSPS) is 29.2. The predicted octanol–water partition coefficient (Wildman–Crippen LogP) is 3.10. The Morgan fingerprint density at radius 2 is 2.03 bits per heavy atom. The van der Waals surface area contributed by atoms with Gasteiger partial charge in [0, 0.05) is 29.3 Å². The minimum atomic E-state index is -2.71. The van der Waals surface area contributed by atoms with E-state index < -0.39 is 20.0 Å². The van der Waals surface area contributed by atoms with Crippen molar-refractivity contribution in [1.29, 1.82) is 0 Å². The summed E-state index contributed by atoms with van der Waals surface area (Å²) in [6, 6.07) is 15.1. The van der Waals surface area contributed by atoms with Crippen molar-refractivity contribution in [3.63, 3.8) is 0 Å². The van der Waals surface area contributed by atoms with Crippen LogP contribution < -0.4 is 15.5 Å². The van der Waals surface area contributed by atoms with Crippen molar-refractivity contribution in [1.82, 2.24) is 5.32 Å². The number of nitrogens with one attached hydrogen (secondary N) is 2. The van der Waals surface area contributed by atoms with Gasteiger partial charge in [0.15, 0.2) is 13.9 Å². The highest BCUT2D eigenvalue weighted by Crippen LogP contribution is 2.59. The largest absolute Gasteiger partial charge is 0.432 e. The van der Waals surface area contributed by atoms with Gasteiger partial charge in [-0.2, -0.15) is 0 Å². The molecule has 0 aromatic heterocycles. The number of amides is 2. The first kappa shape index (κ1) is 26.1. The summed E-state index contributed by atoms with van der Waals surface area (Å²) in [6.07, 6.45) is 1.80. The second-order valence-corrected chi connectivity index (χ2v) is 15.1. The number of aliphatic hydroxyl groups is 1.